The maximum Gasteiger partial charge on any atom is 0.245 e. The van der Waals surface area contributed by atoms with Crippen LogP contribution in [0.15, 0.2) is 18.7 Å². The Morgan fingerprint density at radius 2 is 1.88 bits per heavy atom. The van der Waals surface area contributed by atoms with E-state index in [2.05, 4.69) is 50.0 Å². The Kier molecular flexibility index (Phi) is 5.32. The third kappa shape index (κ3) is 3.41. The highest BCUT2D eigenvalue weighted by Crippen LogP contribution is 2.31. The number of hydrogen-bond donors (Lipinski definition) is 0. The second-order valence-electron chi connectivity index (χ2n) is 8.07. The molecule has 5 rings (SSSR count). The third-order valence-electron chi connectivity index (χ3n) is 6.15. The molecule has 9 heteroatoms. The van der Waals surface area contributed by atoms with Crippen LogP contribution in [0.4, 0.5) is 0 Å². The minimum Gasteiger partial charge on any atom is -0.472 e. The second-order valence-corrected chi connectivity index (χ2v) is 8.07. The Hall–Kier alpha value is -3.36. The van der Waals surface area contributed by atoms with E-state index in [1.165, 1.54) is 17.0 Å². The molecule has 0 saturated carbocycles. The number of fused-ring (bicyclic) bond motifs is 2. The Balaban J connectivity index is 1.49. The molecular formula is C23H28N8O. The van der Waals surface area contributed by atoms with Crippen molar-refractivity contribution in [2.45, 2.75) is 72.6 Å². The van der Waals surface area contributed by atoms with Crippen LogP contribution in [0.25, 0.3) is 22.6 Å². The lowest BCUT2D eigenvalue weighted by atomic mass is 9.92. The largest absolute Gasteiger partial charge is 0.472 e. The average molecular weight is 433 g/mol. The van der Waals surface area contributed by atoms with Crippen LogP contribution in [0.1, 0.15) is 50.0 Å². The molecule has 9 nitrogen and oxygen atoms in total. The molecule has 0 saturated heterocycles. The van der Waals surface area contributed by atoms with Crippen LogP contribution in [0.3, 0.4) is 0 Å². The molecule has 4 aromatic rings. The first kappa shape index (κ1) is 20.5. The summed E-state index contributed by atoms with van der Waals surface area (Å²) in [6, 6.07) is 0. The maximum atomic E-state index is 6.44. The molecule has 4 heterocycles. The van der Waals surface area contributed by atoms with E-state index in [0.29, 0.717) is 11.4 Å². The first-order valence-electron chi connectivity index (χ1n) is 11.4. The number of ether oxygens (including phenoxy) is 1. The molecule has 4 aromatic heterocycles. The van der Waals surface area contributed by atoms with Gasteiger partial charge in [-0.25, -0.2) is 19.9 Å². The van der Waals surface area contributed by atoms with Gasteiger partial charge in [0.2, 0.25) is 5.88 Å². The molecule has 0 aliphatic heterocycles. The van der Waals surface area contributed by atoms with E-state index in [4.69, 9.17) is 14.8 Å². The molecule has 0 N–H and O–H groups in total. The van der Waals surface area contributed by atoms with Crippen molar-refractivity contribution in [3.05, 3.63) is 41.5 Å². The fourth-order valence-corrected chi connectivity index (χ4v) is 4.57. The van der Waals surface area contributed by atoms with E-state index >= 15 is 0 Å². The summed E-state index contributed by atoms with van der Waals surface area (Å²) in [7, 11) is 0. The number of aromatic nitrogens is 8. The maximum absolute atomic E-state index is 6.44. The van der Waals surface area contributed by atoms with Crippen molar-refractivity contribution >= 4 is 11.2 Å². The van der Waals surface area contributed by atoms with Gasteiger partial charge in [-0.05, 0) is 40.0 Å². The van der Waals surface area contributed by atoms with Crippen LogP contribution < -0.4 is 4.74 Å². The van der Waals surface area contributed by atoms with Gasteiger partial charge in [-0.1, -0.05) is 6.92 Å². The number of imidazole rings is 1. The predicted octanol–water partition coefficient (Wildman–Crippen LogP) is 3.33. The van der Waals surface area contributed by atoms with Crippen LogP contribution >= 0.6 is 0 Å². The summed E-state index contributed by atoms with van der Waals surface area (Å²) in [6.07, 6.45) is 8.86. The van der Waals surface area contributed by atoms with Gasteiger partial charge in [0.15, 0.2) is 11.2 Å². The zero-order valence-corrected chi connectivity index (χ0v) is 19.0. The van der Waals surface area contributed by atoms with Gasteiger partial charge in [-0.2, -0.15) is 10.1 Å². The molecule has 1 aliphatic carbocycles. The molecule has 0 fully saturated rings. The number of nitrogens with zero attached hydrogens (tertiary/aromatic N) is 8. The smallest absolute Gasteiger partial charge is 0.245 e. The Labute approximate surface area is 186 Å². The van der Waals surface area contributed by atoms with Gasteiger partial charge in [0.05, 0.1) is 11.3 Å². The molecule has 0 radical (unpaired) electrons. The molecule has 0 spiro atoms. The fraction of sp³-hybridized carbons (Fsp3) is 0.478. The topological polar surface area (TPSA) is 96.4 Å². The van der Waals surface area contributed by atoms with E-state index in [0.717, 1.165) is 61.6 Å². The van der Waals surface area contributed by atoms with Crippen LogP contribution in [0.5, 0.6) is 5.88 Å². The molecule has 1 atom stereocenters. The fourth-order valence-electron chi connectivity index (χ4n) is 4.57. The van der Waals surface area contributed by atoms with E-state index < -0.39 is 0 Å². The molecule has 0 bridgehead atoms. The third-order valence-corrected chi connectivity index (χ3v) is 6.15. The number of hydrogen-bond acceptors (Lipinski definition) is 7. The Morgan fingerprint density at radius 1 is 1.06 bits per heavy atom. The lowest BCUT2D eigenvalue weighted by molar-refractivity contribution is 0.178. The summed E-state index contributed by atoms with van der Waals surface area (Å²) >= 11 is 0. The van der Waals surface area contributed by atoms with Gasteiger partial charge < -0.3 is 9.30 Å². The van der Waals surface area contributed by atoms with Crippen molar-refractivity contribution in [2.75, 3.05) is 0 Å². The van der Waals surface area contributed by atoms with Gasteiger partial charge in [0, 0.05) is 43.2 Å². The van der Waals surface area contributed by atoms with Crippen molar-refractivity contribution in [3.63, 3.8) is 0 Å². The highest BCUT2D eigenvalue weighted by atomic mass is 16.5. The highest BCUT2D eigenvalue weighted by molar-refractivity contribution is 5.81. The van der Waals surface area contributed by atoms with Gasteiger partial charge in [0.25, 0.3) is 0 Å². The van der Waals surface area contributed by atoms with Crippen molar-refractivity contribution < 1.29 is 4.74 Å². The van der Waals surface area contributed by atoms with Crippen molar-refractivity contribution in [1.29, 1.82) is 0 Å². The lowest BCUT2D eigenvalue weighted by Crippen LogP contribution is -2.26. The average Bonchev–Trinajstić information content (AvgIpc) is 3.37. The monoisotopic (exact) mass is 432 g/mol. The van der Waals surface area contributed by atoms with Gasteiger partial charge in [0.1, 0.15) is 24.1 Å². The van der Waals surface area contributed by atoms with Crippen LogP contribution in [0, 0.1) is 6.92 Å². The van der Waals surface area contributed by atoms with Crippen molar-refractivity contribution in [3.8, 4) is 17.3 Å². The van der Waals surface area contributed by atoms with E-state index in [-0.39, 0.29) is 6.10 Å². The molecular weight excluding hydrogens is 404 g/mol. The first-order chi connectivity index (χ1) is 15.6. The summed E-state index contributed by atoms with van der Waals surface area (Å²) in [5, 5.41) is 4.79. The molecule has 32 heavy (non-hydrogen) atoms. The minimum absolute atomic E-state index is 0.0401. The summed E-state index contributed by atoms with van der Waals surface area (Å²) in [5.74, 6) is 2.04. The van der Waals surface area contributed by atoms with E-state index in [1.54, 1.807) is 18.7 Å². The molecule has 0 aromatic carbocycles. The molecule has 166 valence electrons. The summed E-state index contributed by atoms with van der Waals surface area (Å²) < 4.78 is 10.6. The standard InChI is InChI=1S/C23H28N8O/c1-5-18-17-10-16(8-9-19(17)31(7-3)29-18)32-23-20-22(26-13-27-23)30(6-2)21(28-20)15-11-24-14(4)25-12-15/h11-13,16H,5-10H2,1-4H3. The highest BCUT2D eigenvalue weighted by Gasteiger charge is 2.28. The minimum atomic E-state index is 0.0401. The lowest BCUT2D eigenvalue weighted by Gasteiger charge is -2.24. The van der Waals surface area contributed by atoms with Gasteiger partial charge >= 0.3 is 0 Å². The van der Waals surface area contributed by atoms with Crippen LogP contribution in [-0.2, 0) is 32.4 Å². The molecule has 1 aliphatic rings. The van der Waals surface area contributed by atoms with Gasteiger partial charge in [-0.15, -0.1) is 0 Å². The predicted molar refractivity (Wildman–Crippen MR) is 120 cm³/mol. The van der Waals surface area contributed by atoms with Crippen LogP contribution in [0.2, 0.25) is 0 Å². The Morgan fingerprint density at radius 3 is 2.59 bits per heavy atom. The normalized spacial score (nSPS) is 15.8. The second kappa shape index (κ2) is 8.29. The number of aryl methyl sites for hydroxylation is 4. The van der Waals surface area contributed by atoms with Crippen LogP contribution in [-0.4, -0.2) is 45.4 Å². The Bertz CT molecular complexity index is 1260. The zero-order valence-electron chi connectivity index (χ0n) is 19.0. The summed E-state index contributed by atoms with van der Waals surface area (Å²) in [5.41, 5.74) is 6.16. The molecule has 0 amide bonds. The first-order valence-corrected chi connectivity index (χ1v) is 11.4. The zero-order chi connectivity index (χ0) is 22.2. The molecule has 1 unspecified atom stereocenters. The number of rotatable bonds is 6. The van der Waals surface area contributed by atoms with Crippen molar-refractivity contribution in [1.82, 2.24) is 39.3 Å². The van der Waals surface area contributed by atoms with E-state index in [9.17, 15) is 0 Å². The summed E-state index contributed by atoms with van der Waals surface area (Å²) in [6.45, 7) is 9.87. The van der Waals surface area contributed by atoms with Crippen molar-refractivity contribution in [2.24, 2.45) is 0 Å². The summed E-state index contributed by atoms with van der Waals surface area (Å²) in [4.78, 5) is 22.5. The van der Waals surface area contributed by atoms with E-state index in [1.807, 2.05) is 6.92 Å². The quantitative estimate of drug-likeness (QED) is 0.461. The van der Waals surface area contributed by atoms with Gasteiger partial charge in [-0.3, -0.25) is 4.68 Å². The SMILES string of the molecule is CCc1nn(CC)c2c1CC(Oc1ncnc3c1nc(-c1cnc(C)nc1)n3CC)CC2.